The molecule has 3 aromatic rings. The SMILES string of the molecule is COC(=O)c1cc2cscc2c(F)c1Nc1ccc(Br)cc1Cl. The first kappa shape index (κ1) is 16.2. The van der Waals surface area contributed by atoms with Crippen LogP contribution in [0.3, 0.4) is 0 Å². The quantitative estimate of drug-likeness (QED) is 0.535. The number of carbonyl (C=O) groups is 1. The Labute approximate surface area is 149 Å². The van der Waals surface area contributed by atoms with Gasteiger partial charge in [0.1, 0.15) is 0 Å². The van der Waals surface area contributed by atoms with Crippen LogP contribution in [0.15, 0.2) is 39.5 Å². The molecule has 1 N–H and O–H groups in total. The Balaban J connectivity index is 2.17. The first-order valence-corrected chi connectivity index (χ1v) is 8.61. The van der Waals surface area contributed by atoms with Crippen molar-refractivity contribution >= 4 is 67.0 Å². The summed E-state index contributed by atoms with van der Waals surface area (Å²) in [7, 11) is 1.26. The molecule has 0 amide bonds. The number of hydrogen-bond acceptors (Lipinski definition) is 4. The van der Waals surface area contributed by atoms with Gasteiger partial charge in [0.2, 0.25) is 0 Å². The smallest absolute Gasteiger partial charge is 0.340 e. The maximum absolute atomic E-state index is 14.8. The molecule has 0 saturated heterocycles. The lowest BCUT2D eigenvalue weighted by Crippen LogP contribution is -2.08. The highest BCUT2D eigenvalue weighted by molar-refractivity contribution is 9.10. The van der Waals surface area contributed by atoms with E-state index >= 15 is 0 Å². The molecule has 0 bridgehead atoms. The van der Waals surface area contributed by atoms with E-state index in [1.807, 2.05) is 0 Å². The Morgan fingerprint density at radius 3 is 2.83 bits per heavy atom. The molecule has 0 radical (unpaired) electrons. The predicted octanol–water partition coefficient (Wildman–Crippen LogP) is 5.99. The van der Waals surface area contributed by atoms with Crippen LogP contribution >= 0.6 is 38.9 Å². The van der Waals surface area contributed by atoms with Gasteiger partial charge in [0, 0.05) is 15.2 Å². The third-order valence-corrected chi connectivity index (χ3v) is 4.88. The highest BCUT2D eigenvalue weighted by atomic mass is 79.9. The van der Waals surface area contributed by atoms with Crippen molar-refractivity contribution in [1.29, 1.82) is 0 Å². The summed E-state index contributed by atoms with van der Waals surface area (Å²) in [6.07, 6.45) is 0. The van der Waals surface area contributed by atoms with Crippen molar-refractivity contribution in [2.45, 2.75) is 0 Å². The van der Waals surface area contributed by atoms with Crippen LogP contribution in [-0.4, -0.2) is 13.1 Å². The Morgan fingerprint density at radius 2 is 2.13 bits per heavy atom. The number of benzene rings is 2. The second-order valence-electron chi connectivity index (χ2n) is 4.73. The van der Waals surface area contributed by atoms with Gasteiger partial charge >= 0.3 is 5.97 Å². The van der Waals surface area contributed by atoms with Crippen molar-refractivity contribution in [3.63, 3.8) is 0 Å². The number of halogens is 3. The third-order valence-electron chi connectivity index (χ3n) is 3.31. The van der Waals surface area contributed by atoms with Crippen molar-refractivity contribution < 1.29 is 13.9 Å². The Bertz CT molecular complexity index is 912. The number of nitrogens with one attached hydrogen (secondary N) is 1. The molecule has 2 aromatic carbocycles. The fraction of sp³-hybridized carbons (Fsp3) is 0.0625. The number of esters is 1. The molecule has 0 spiro atoms. The molecule has 0 aliphatic rings. The van der Waals surface area contributed by atoms with Crippen LogP contribution in [0.25, 0.3) is 10.8 Å². The van der Waals surface area contributed by atoms with Gasteiger partial charge in [-0.3, -0.25) is 0 Å². The predicted molar refractivity (Wildman–Crippen MR) is 95.6 cm³/mol. The fourth-order valence-corrected chi connectivity index (χ4v) is 3.70. The van der Waals surface area contributed by atoms with E-state index in [0.29, 0.717) is 21.5 Å². The van der Waals surface area contributed by atoms with Crippen LogP contribution in [0, 0.1) is 5.82 Å². The largest absolute Gasteiger partial charge is 0.465 e. The summed E-state index contributed by atoms with van der Waals surface area (Å²) >= 11 is 10.8. The van der Waals surface area contributed by atoms with Gasteiger partial charge in [-0.05, 0) is 35.0 Å². The zero-order chi connectivity index (χ0) is 16.6. The summed E-state index contributed by atoms with van der Waals surface area (Å²) in [5.74, 6) is -1.13. The summed E-state index contributed by atoms with van der Waals surface area (Å²) in [4.78, 5) is 12.0. The molecule has 3 nitrogen and oxygen atoms in total. The van der Waals surface area contributed by atoms with Crippen molar-refractivity contribution in [1.82, 2.24) is 0 Å². The van der Waals surface area contributed by atoms with Crippen LogP contribution in [-0.2, 0) is 4.74 Å². The number of ether oxygens (including phenoxy) is 1. The molecule has 0 unspecified atom stereocenters. The van der Waals surface area contributed by atoms with Crippen LogP contribution in [0.2, 0.25) is 5.02 Å². The number of thiophene rings is 1. The van der Waals surface area contributed by atoms with E-state index in [1.54, 1.807) is 35.0 Å². The Morgan fingerprint density at radius 1 is 1.35 bits per heavy atom. The van der Waals surface area contributed by atoms with Crippen LogP contribution in [0.1, 0.15) is 10.4 Å². The topological polar surface area (TPSA) is 38.3 Å². The van der Waals surface area contributed by atoms with Gasteiger partial charge in [-0.2, -0.15) is 11.3 Å². The molecule has 0 aliphatic carbocycles. The normalized spacial score (nSPS) is 10.8. The van der Waals surface area contributed by atoms with Gasteiger partial charge in [0.15, 0.2) is 5.82 Å². The molecule has 0 atom stereocenters. The second kappa shape index (κ2) is 6.47. The summed E-state index contributed by atoms with van der Waals surface area (Å²) in [6.45, 7) is 0. The Hall–Kier alpha value is -1.63. The maximum atomic E-state index is 14.8. The van der Waals surface area contributed by atoms with Crippen molar-refractivity contribution in [2.24, 2.45) is 0 Å². The van der Waals surface area contributed by atoms with E-state index in [4.69, 9.17) is 16.3 Å². The minimum absolute atomic E-state index is 0.0481. The molecule has 23 heavy (non-hydrogen) atoms. The summed E-state index contributed by atoms with van der Waals surface area (Å²) in [6, 6.07) is 6.76. The van der Waals surface area contributed by atoms with E-state index in [0.717, 1.165) is 4.47 Å². The number of rotatable bonds is 3. The number of methoxy groups -OCH3 is 1. The van der Waals surface area contributed by atoms with Crippen LogP contribution < -0.4 is 5.32 Å². The van der Waals surface area contributed by atoms with Crippen LogP contribution in [0.5, 0.6) is 0 Å². The van der Waals surface area contributed by atoms with Gasteiger partial charge in [-0.25, -0.2) is 9.18 Å². The van der Waals surface area contributed by atoms with E-state index in [1.165, 1.54) is 18.4 Å². The van der Waals surface area contributed by atoms with E-state index < -0.39 is 11.8 Å². The maximum Gasteiger partial charge on any atom is 0.340 e. The summed E-state index contributed by atoms with van der Waals surface area (Å²) in [5.41, 5.74) is 0.662. The first-order valence-electron chi connectivity index (χ1n) is 6.50. The molecule has 118 valence electrons. The molecule has 0 saturated carbocycles. The minimum atomic E-state index is -0.618. The lowest BCUT2D eigenvalue weighted by Gasteiger charge is -2.14. The zero-order valence-corrected chi connectivity index (χ0v) is 15.0. The van der Waals surface area contributed by atoms with Crippen molar-refractivity contribution in [2.75, 3.05) is 12.4 Å². The van der Waals surface area contributed by atoms with Gasteiger partial charge in [-0.1, -0.05) is 27.5 Å². The fourth-order valence-electron chi connectivity index (χ4n) is 2.20. The van der Waals surface area contributed by atoms with Gasteiger partial charge in [-0.15, -0.1) is 0 Å². The molecular formula is C16H10BrClFNO2S. The molecule has 3 rings (SSSR count). The summed E-state index contributed by atoms with van der Waals surface area (Å²) < 4.78 is 20.4. The van der Waals surface area contributed by atoms with Crippen LogP contribution in [0.4, 0.5) is 15.8 Å². The monoisotopic (exact) mass is 413 g/mol. The van der Waals surface area contributed by atoms with Gasteiger partial charge in [0.05, 0.1) is 29.1 Å². The third kappa shape index (κ3) is 3.06. The van der Waals surface area contributed by atoms with E-state index in [2.05, 4.69) is 21.2 Å². The highest BCUT2D eigenvalue weighted by Crippen LogP contribution is 2.35. The van der Waals surface area contributed by atoms with E-state index in [9.17, 15) is 9.18 Å². The molecular weight excluding hydrogens is 405 g/mol. The lowest BCUT2D eigenvalue weighted by molar-refractivity contribution is 0.0601. The first-order chi connectivity index (χ1) is 11.0. The minimum Gasteiger partial charge on any atom is -0.465 e. The average Bonchev–Trinajstić information content (AvgIpc) is 3.00. The molecule has 1 aromatic heterocycles. The van der Waals surface area contributed by atoms with Crippen molar-refractivity contribution in [3.8, 4) is 0 Å². The number of anilines is 2. The van der Waals surface area contributed by atoms with Crippen molar-refractivity contribution in [3.05, 3.63) is 55.9 Å². The molecule has 0 fully saturated rings. The van der Waals surface area contributed by atoms with E-state index in [-0.39, 0.29) is 11.3 Å². The number of carbonyl (C=O) groups excluding carboxylic acids is 1. The second-order valence-corrected chi connectivity index (χ2v) is 6.79. The molecule has 1 heterocycles. The lowest BCUT2D eigenvalue weighted by atomic mass is 10.1. The number of hydrogen-bond donors (Lipinski definition) is 1. The number of fused-ring (bicyclic) bond motifs is 1. The molecule has 7 heteroatoms. The van der Waals surface area contributed by atoms with Gasteiger partial charge < -0.3 is 10.1 Å². The molecule has 0 aliphatic heterocycles. The van der Waals surface area contributed by atoms with Gasteiger partial charge in [0.25, 0.3) is 0 Å². The Kier molecular flexibility index (Phi) is 4.57. The summed E-state index contributed by atoms with van der Waals surface area (Å²) in [5, 5.41) is 7.88. The average molecular weight is 415 g/mol. The highest BCUT2D eigenvalue weighted by Gasteiger charge is 2.20. The zero-order valence-electron chi connectivity index (χ0n) is 11.8. The standard InChI is InChI=1S/C16H10BrClFNO2S/c1-22-16(21)10-4-8-6-23-7-11(8)14(19)15(10)20-13-3-2-9(17)5-12(13)18/h2-7,20H,1H3.